The zero-order chi connectivity index (χ0) is 14.5. The molecule has 0 saturated carbocycles. The van der Waals surface area contributed by atoms with Gasteiger partial charge in [-0.2, -0.15) is 0 Å². The molecule has 0 amide bonds. The van der Waals surface area contributed by atoms with Gasteiger partial charge in [0.1, 0.15) is 5.82 Å². The first-order valence-electron chi connectivity index (χ1n) is 7.24. The van der Waals surface area contributed by atoms with Crippen molar-refractivity contribution in [2.24, 2.45) is 0 Å². The summed E-state index contributed by atoms with van der Waals surface area (Å²) in [5.41, 5.74) is 2.14. The second-order valence-corrected chi connectivity index (χ2v) is 6.35. The van der Waals surface area contributed by atoms with Gasteiger partial charge in [-0.05, 0) is 33.7 Å². The van der Waals surface area contributed by atoms with Gasteiger partial charge in [-0.3, -0.25) is 0 Å². The topological polar surface area (TPSA) is 28.7 Å². The van der Waals surface area contributed by atoms with Crippen molar-refractivity contribution in [3.05, 3.63) is 66.0 Å². The fourth-order valence-electron chi connectivity index (χ4n) is 3.09. The first-order chi connectivity index (χ1) is 10.9. The van der Waals surface area contributed by atoms with Crippen LogP contribution in [0.15, 0.2) is 66.0 Å². The fraction of sp³-hybridized carbons (Fsp3) is 0. The van der Waals surface area contributed by atoms with Crippen LogP contribution in [0.4, 0.5) is 0 Å². The summed E-state index contributed by atoms with van der Waals surface area (Å²) < 4.78 is 0. The van der Waals surface area contributed by atoms with Crippen LogP contribution >= 0.6 is 11.3 Å². The first kappa shape index (κ1) is 12.0. The molecule has 0 spiro atoms. The lowest BCUT2D eigenvalue weighted by Crippen LogP contribution is -1.79. The largest absolute Gasteiger partial charge is 0.337 e. The Morgan fingerprint density at radius 1 is 0.773 bits per heavy atom. The van der Waals surface area contributed by atoms with Crippen LogP contribution in [0.1, 0.15) is 0 Å². The number of imidazole rings is 1. The summed E-state index contributed by atoms with van der Waals surface area (Å²) in [6, 6.07) is 21.3. The van der Waals surface area contributed by atoms with E-state index < -0.39 is 0 Å². The van der Waals surface area contributed by atoms with E-state index in [1.807, 2.05) is 0 Å². The molecule has 0 aliphatic carbocycles. The summed E-state index contributed by atoms with van der Waals surface area (Å²) >= 11 is 1.71. The molecular formula is C19H12N2S. The molecule has 0 aliphatic rings. The predicted molar refractivity (Wildman–Crippen MR) is 94.4 cm³/mol. The summed E-state index contributed by atoms with van der Waals surface area (Å²) in [7, 11) is 0. The zero-order valence-electron chi connectivity index (χ0n) is 11.7. The normalized spacial score (nSPS) is 11.6. The molecular weight excluding hydrogens is 288 g/mol. The number of rotatable bonds is 1. The van der Waals surface area contributed by atoms with Crippen LogP contribution < -0.4 is 0 Å². The van der Waals surface area contributed by atoms with Gasteiger partial charge >= 0.3 is 0 Å². The van der Waals surface area contributed by atoms with Crippen molar-refractivity contribution in [2.75, 3.05) is 0 Å². The standard InChI is InChI=1S/C19H12N2S/c1-2-5-13-12(4-1)7-8-15-14(13)9-10-16-18(15)21-19(20-16)17-6-3-11-22-17/h1-11H,(H,20,21). The van der Waals surface area contributed by atoms with Gasteiger partial charge < -0.3 is 4.98 Å². The highest BCUT2D eigenvalue weighted by Crippen LogP contribution is 2.32. The van der Waals surface area contributed by atoms with Crippen molar-refractivity contribution in [2.45, 2.75) is 0 Å². The molecule has 104 valence electrons. The molecule has 22 heavy (non-hydrogen) atoms. The van der Waals surface area contributed by atoms with E-state index in [-0.39, 0.29) is 0 Å². The summed E-state index contributed by atoms with van der Waals surface area (Å²) in [6.45, 7) is 0. The molecule has 0 unspecified atom stereocenters. The molecule has 0 atom stereocenters. The lowest BCUT2D eigenvalue weighted by atomic mass is 10.0. The maximum Gasteiger partial charge on any atom is 0.148 e. The number of H-pyrrole nitrogens is 1. The fourth-order valence-corrected chi connectivity index (χ4v) is 3.76. The zero-order valence-corrected chi connectivity index (χ0v) is 12.5. The third-order valence-corrected chi connectivity index (χ3v) is 5.01. The summed E-state index contributed by atoms with van der Waals surface area (Å²) in [4.78, 5) is 9.45. The van der Waals surface area contributed by atoms with E-state index in [1.165, 1.54) is 26.4 Å². The average molecular weight is 300 g/mol. The number of fused-ring (bicyclic) bond motifs is 5. The van der Waals surface area contributed by atoms with Crippen molar-refractivity contribution >= 4 is 43.9 Å². The number of benzene rings is 3. The maximum atomic E-state index is 4.85. The second-order valence-electron chi connectivity index (χ2n) is 5.41. The van der Waals surface area contributed by atoms with Gasteiger partial charge in [-0.1, -0.05) is 48.5 Å². The Balaban J connectivity index is 1.90. The van der Waals surface area contributed by atoms with Crippen LogP contribution in [0.5, 0.6) is 0 Å². The third-order valence-electron chi connectivity index (χ3n) is 4.13. The van der Waals surface area contributed by atoms with Crippen molar-refractivity contribution in [1.82, 2.24) is 9.97 Å². The first-order valence-corrected chi connectivity index (χ1v) is 8.12. The highest BCUT2D eigenvalue weighted by atomic mass is 32.1. The Morgan fingerprint density at radius 2 is 1.68 bits per heavy atom. The van der Waals surface area contributed by atoms with Crippen LogP contribution in [0, 0.1) is 0 Å². The van der Waals surface area contributed by atoms with Crippen molar-refractivity contribution in [3.8, 4) is 10.7 Å². The van der Waals surface area contributed by atoms with Crippen LogP contribution in [-0.4, -0.2) is 9.97 Å². The molecule has 0 aliphatic heterocycles. The minimum atomic E-state index is 0.950. The number of aromatic nitrogens is 2. The lowest BCUT2D eigenvalue weighted by molar-refractivity contribution is 1.36. The quantitative estimate of drug-likeness (QED) is 0.401. The number of aromatic amines is 1. The third kappa shape index (κ3) is 1.63. The van der Waals surface area contributed by atoms with Crippen molar-refractivity contribution in [1.29, 1.82) is 0 Å². The Labute approximate surface area is 131 Å². The van der Waals surface area contributed by atoms with Crippen molar-refractivity contribution < 1.29 is 0 Å². The number of nitrogens with one attached hydrogen (secondary N) is 1. The minimum absolute atomic E-state index is 0.950. The Bertz CT molecular complexity index is 1120. The van der Waals surface area contributed by atoms with Gasteiger partial charge in [0.15, 0.2) is 0 Å². The van der Waals surface area contributed by atoms with E-state index in [1.54, 1.807) is 11.3 Å². The summed E-state index contributed by atoms with van der Waals surface area (Å²) in [5, 5.41) is 7.09. The highest BCUT2D eigenvalue weighted by molar-refractivity contribution is 7.13. The molecule has 3 heteroatoms. The SMILES string of the molecule is c1csc(-c2nc3c(ccc4c5ccccc5ccc43)[nH]2)c1. The van der Waals surface area contributed by atoms with Gasteiger partial charge in [0.05, 0.1) is 15.9 Å². The van der Waals surface area contributed by atoms with E-state index in [4.69, 9.17) is 4.98 Å². The lowest BCUT2D eigenvalue weighted by Gasteiger charge is -2.03. The summed E-state index contributed by atoms with van der Waals surface area (Å²) in [6.07, 6.45) is 0. The minimum Gasteiger partial charge on any atom is -0.337 e. The second kappa shape index (κ2) is 4.42. The molecule has 2 nitrogen and oxygen atoms in total. The molecule has 0 radical (unpaired) electrons. The highest BCUT2D eigenvalue weighted by Gasteiger charge is 2.10. The Morgan fingerprint density at radius 3 is 2.59 bits per heavy atom. The molecule has 0 bridgehead atoms. The molecule has 1 N–H and O–H groups in total. The monoisotopic (exact) mass is 300 g/mol. The molecule has 2 aromatic heterocycles. The average Bonchev–Trinajstić information content (AvgIpc) is 3.23. The van der Waals surface area contributed by atoms with Gasteiger partial charge in [0.2, 0.25) is 0 Å². The number of nitrogens with zero attached hydrogens (tertiary/aromatic N) is 1. The Kier molecular flexibility index (Phi) is 2.40. The molecule has 5 rings (SSSR count). The predicted octanol–water partition coefficient (Wildman–Crippen LogP) is 5.60. The van der Waals surface area contributed by atoms with Crippen LogP contribution in [0.25, 0.3) is 43.3 Å². The van der Waals surface area contributed by atoms with Crippen molar-refractivity contribution in [3.63, 3.8) is 0 Å². The van der Waals surface area contributed by atoms with E-state index in [0.717, 1.165) is 16.9 Å². The van der Waals surface area contributed by atoms with Crippen LogP contribution in [-0.2, 0) is 0 Å². The molecule has 0 saturated heterocycles. The van der Waals surface area contributed by atoms with Crippen LogP contribution in [0.2, 0.25) is 0 Å². The van der Waals surface area contributed by atoms with Gasteiger partial charge in [0, 0.05) is 5.39 Å². The van der Waals surface area contributed by atoms with Gasteiger partial charge in [-0.15, -0.1) is 11.3 Å². The smallest absolute Gasteiger partial charge is 0.148 e. The van der Waals surface area contributed by atoms with E-state index in [9.17, 15) is 0 Å². The molecule has 0 fully saturated rings. The van der Waals surface area contributed by atoms with Gasteiger partial charge in [-0.25, -0.2) is 4.98 Å². The summed E-state index contributed by atoms with van der Waals surface area (Å²) in [5.74, 6) is 0.950. The molecule has 3 aromatic carbocycles. The van der Waals surface area contributed by atoms with E-state index in [2.05, 4.69) is 71.0 Å². The van der Waals surface area contributed by atoms with Gasteiger partial charge in [0.25, 0.3) is 0 Å². The molecule has 2 heterocycles. The molecule has 5 aromatic rings. The van der Waals surface area contributed by atoms with E-state index in [0.29, 0.717) is 0 Å². The number of thiophene rings is 1. The number of hydrogen-bond acceptors (Lipinski definition) is 2. The Hall–Kier alpha value is -2.65. The number of hydrogen-bond donors (Lipinski definition) is 1. The maximum absolute atomic E-state index is 4.85. The van der Waals surface area contributed by atoms with Crippen LogP contribution in [0.3, 0.4) is 0 Å². The van der Waals surface area contributed by atoms with E-state index >= 15 is 0 Å².